The Labute approximate surface area is 219 Å². The van der Waals surface area contributed by atoms with E-state index in [0.29, 0.717) is 35.5 Å². The third kappa shape index (κ3) is 5.47. The van der Waals surface area contributed by atoms with Crippen LogP contribution in [0.1, 0.15) is 32.7 Å². The Morgan fingerprint density at radius 1 is 0.789 bits per heavy atom. The second-order valence-electron chi connectivity index (χ2n) is 8.78. The van der Waals surface area contributed by atoms with Crippen molar-refractivity contribution in [3.05, 3.63) is 154 Å². The lowest BCUT2D eigenvalue weighted by atomic mass is 9.99. The predicted octanol–water partition coefficient (Wildman–Crippen LogP) is 4.84. The molecule has 0 saturated heterocycles. The van der Waals surface area contributed by atoms with Gasteiger partial charge in [-0.1, -0.05) is 91.0 Å². The largest absolute Gasteiger partial charge is 0.507 e. The number of amides is 1. The van der Waals surface area contributed by atoms with Crippen molar-refractivity contribution >= 4 is 11.6 Å². The molecule has 1 aromatic heterocycles. The minimum atomic E-state index is -0.572. The average Bonchev–Trinajstić information content (AvgIpc) is 3.28. The highest BCUT2D eigenvalue weighted by molar-refractivity contribution is 6.04. The molecular weight excluding hydrogens is 476 g/mol. The summed E-state index contributed by atoms with van der Waals surface area (Å²) in [4.78, 5) is 26.8. The van der Waals surface area contributed by atoms with Crippen LogP contribution in [0.5, 0.6) is 5.75 Å². The Morgan fingerprint density at radius 3 is 2.03 bits per heavy atom. The summed E-state index contributed by atoms with van der Waals surface area (Å²) < 4.78 is 1.50. The van der Waals surface area contributed by atoms with Gasteiger partial charge in [0.1, 0.15) is 5.75 Å². The number of aromatic hydroxyl groups is 1. The maximum Gasteiger partial charge on any atom is 0.280 e. The molecule has 1 heterocycles. The zero-order valence-corrected chi connectivity index (χ0v) is 20.5. The summed E-state index contributed by atoms with van der Waals surface area (Å²) in [7, 11) is 0. The first kappa shape index (κ1) is 24.5. The molecule has 7 nitrogen and oxygen atoms in total. The number of carbonyl (C=O) groups is 1. The highest BCUT2D eigenvalue weighted by Crippen LogP contribution is 2.17. The van der Waals surface area contributed by atoms with E-state index >= 15 is 0 Å². The van der Waals surface area contributed by atoms with Crippen LogP contribution >= 0.6 is 0 Å². The van der Waals surface area contributed by atoms with Crippen LogP contribution in [0.25, 0.3) is 5.69 Å². The third-order valence-corrected chi connectivity index (χ3v) is 6.15. The summed E-state index contributed by atoms with van der Waals surface area (Å²) in [6.07, 6.45) is 0.776. The number of carbonyl (C=O) groups excluding carboxylic acids is 1. The Hall–Kier alpha value is -5.17. The van der Waals surface area contributed by atoms with Crippen LogP contribution in [0.3, 0.4) is 0 Å². The Kier molecular flexibility index (Phi) is 7.27. The van der Waals surface area contributed by atoms with Crippen molar-refractivity contribution in [3.8, 4) is 11.4 Å². The van der Waals surface area contributed by atoms with E-state index in [1.54, 1.807) is 12.1 Å². The van der Waals surface area contributed by atoms with Crippen molar-refractivity contribution < 1.29 is 9.90 Å². The lowest BCUT2D eigenvalue weighted by Crippen LogP contribution is -2.26. The predicted molar refractivity (Wildman–Crippen MR) is 148 cm³/mol. The molecular formula is C31H26N4O3. The van der Waals surface area contributed by atoms with E-state index in [4.69, 9.17) is 0 Å². The van der Waals surface area contributed by atoms with Gasteiger partial charge in [-0.3, -0.25) is 14.7 Å². The Bertz CT molecular complexity index is 1620. The first-order valence-corrected chi connectivity index (χ1v) is 12.2. The van der Waals surface area contributed by atoms with Crippen molar-refractivity contribution in [2.75, 3.05) is 0 Å². The molecule has 0 aliphatic rings. The van der Waals surface area contributed by atoms with Crippen LogP contribution in [-0.4, -0.2) is 26.5 Å². The molecule has 5 rings (SSSR count). The van der Waals surface area contributed by atoms with Crippen LogP contribution in [-0.2, 0) is 12.8 Å². The van der Waals surface area contributed by atoms with Crippen molar-refractivity contribution in [2.45, 2.75) is 12.8 Å². The number of nitrogens with one attached hydrogen (secondary N) is 2. The van der Waals surface area contributed by atoms with E-state index in [0.717, 1.165) is 11.1 Å². The summed E-state index contributed by atoms with van der Waals surface area (Å²) in [6.45, 7) is 0. The second kappa shape index (κ2) is 11.3. The molecule has 0 unspecified atom stereocenters. The van der Waals surface area contributed by atoms with Crippen LogP contribution in [0, 0.1) is 0 Å². The number of para-hydroxylation sites is 2. The quantitative estimate of drug-likeness (QED) is 0.209. The molecule has 188 valence electrons. The molecule has 0 bridgehead atoms. The molecule has 0 radical (unpaired) electrons. The number of phenolic OH excluding ortho intramolecular Hbond substituents is 1. The van der Waals surface area contributed by atoms with Gasteiger partial charge < -0.3 is 5.11 Å². The first-order chi connectivity index (χ1) is 18.6. The molecule has 0 saturated carbocycles. The maximum absolute atomic E-state index is 13.9. The lowest BCUT2D eigenvalue weighted by Gasteiger charge is -2.09. The number of aromatic nitrogens is 2. The van der Waals surface area contributed by atoms with Gasteiger partial charge in [0.2, 0.25) is 0 Å². The summed E-state index contributed by atoms with van der Waals surface area (Å²) in [6, 6.07) is 35.0. The van der Waals surface area contributed by atoms with E-state index in [-0.39, 0.29) is 16.9 Å². The number of hydrogen-bond acceptors (Lipinski definition) is 4. The average molecular weight is 503 g/mol. The van der Waals surface area contributed by atoms with Crippen LogP contribution in [0.4, 0.5) is 0 Å². The van der Waals surface area contributed by atoms with E-state index < -0.39 is 5.91 Å². The summed E-state index contributed by atoms with van der Waals surface area (Å²) in [5, 5.41) is 17.8. The van der Waals surface area contributed by atoms with Crippen LogP contribution < -0.4 is 11.0 Å². The maximum atomic E-state index is 13.9. The fourth-order valence-electron chi connectivity index (χ4n) is 4.28. The van der Waals surface area contributed by atoms with Gasteiger partial charge in [0.05, 0.1) is 28.2 Å². The fourth-order valence-corrected chi connectivity index (χ4v) is 4.28. The zero-order chi connectivity index (χ0) is 26.3. The number of H-pyrrole nitrogens is 1. The molecule has 1 amide bonds. The van der Waals surface area contributed by atoms with Crippen molar-refractivity contribution in [3.63, 3.8) is 0 Å². The smallest absolute Gasteiger partial charge is 0.280 e. The van der Waals surface area contributed by atoms with Gasteiger partial charge in [0, 0.05) is 12.8 Å². The number of hydrogen-bond donors (Lipinski definition) is 3. The van der Waals surface area contributed by atoms with Crippen LogP contribution in [0.15, 0.2) is 125 Å². The topological polar surface area (TPSA) is 99.5 Å². The molecule has 0 fully saturated rings. The van der Waals surface area contributed by atoms with Gasteiger partial charge in [-0.25, -0.2) is 10.1 Å². The van der Waals surface area contributed by atoms with Crippen molar-refractivity contribution in [1.82, 2.24) is 15.2 Å². The second-order valence-corrected chi connectivity index (χ2v) is 8.78. The highest BCUT2D eigenvalue weighted by Gasteiger charge is 2.22. The van der Waals surface area contributed by atoms with Gasteiger partial charge in [-0.05, 0) is 35.4 Å². The number of aromatic amines is 1. The monoisotopic (exact) mass is 502 g/mol. The van der Waals surface area contributed by atoms with Gasteiger partial charge in [-0.2, -0.15) is 5.10 Å². The minimum Gasteiger partial charge on any atom is -0.507 e. The number of benzene rings is 4. The fraction of sp³-hybridized carbons (Fsp3) is 0.0645. The van der Waals surface area contributed by atoms with Gasteiger partial charge in [0.15, 0.2) is 0 Å². The third-order valence-electron chi connectivity index (χ3n) is 6.15. The molecule has 0 aliphatic carbocycles. The summed E-state index contributed by atoms with van der Waals surface area (Å²) in [5.41, 5.74) is 6.49. The van der Waals surface area contributed by atoms with Crippen molar-refractivity contribution in [2.24, 2.45) is 5.10 Å². The van der Waals surface area contributed by atoms with E-state index in [1.807, 2.05) is 91.0 Å². The molecule has 4 aromatic carbocycles. The standard InChI is InChI=1S/C31H26N4O3/c36-28-19-11-10-18-25(28)30(37)33-32-26(20-22-12-4-1-5-13-22)29-27(21-23-14-6-2-7-15-23)34-35(31(29)38)24-16-8-3-9-17-24/h1-19,34,36H,20-21H2,(H,33,37)/b32-26+. The summed E-state index contributed by atoms with van der Waals surface area (Å²) >= 11 is 0. The van der Waals surface area contributed by atoms with E-state index in [2.05, 4.69) is 15.6 Å². The van der Waals surface area contributed by atoms with Gasteiger partial charge >= 0.3 is 0 Å². The Morgan fingerprint density at radius 2 is 1.37 bits per heavy atom. The lowest BCUT2D eigenvalue weighted by molar-refractivity contribution is 0.0952. The number of rotatable bonds is 8. The molecule has 0 aliphatic heterocycles. The normalized spacial score (nSPS) is 11.3. The summed E-state index contributed by atoms with van der Waals surface area (Å²) in [5.74, 6) is -0.722. The van der Waals surface area contributed by atoms with E-state index in [1.165, 1.54) is 16.8 Å². The molecule has 7 heteroatoms. The van der Waals surface area contributed by atoms with Gasteiger partial charge in [-0.15, -0.1) is 0 Å². The minimum absolute atomic E-state index is 0.0931. The van der Waals surface area contributed by atoms with E-state index in [9.17, 15) is 14.7 Å². The first-order valence-electron chi connectivity index (χ1n) is 12.2. The highest BCUT2D eigenvalue weighted by atomic mass is 16.3. The van der Waals surface area contributed by atoms with Gasteiger partial charge in [0.25, 0.3) is 11.5 Å². The molecule has 38 heavy (non-hydrogen) atoms. The number of phenols is 1. The SMILES string of the molecule is O=C(N/N=C(\Cc1ccccc1)c1c(Cc2ccccc2)[nH]n(-c2ccccc2)c1=O)c1ccccc1O. The van der Waals surface area contributed by atoms with Crippen LogP contribution in [0.2, 0.25) is 0 Å². The number of hydrazone groups is 1. The Balaban J connectivity index is 1.62. The molecule has 0 spiro atoms. The molecule has 5 aromatic rings. The van der Waals surface area contributed by atoms with Crippen molar-refractivity contribution in [1.29, 1.82) is 0 Å². The molecule has 3 N–H and O–H groups in total. The number of nitrogens with zero attached hydrogens (tertiary/aromatic N) is 2. The molecule has 0 atom stereocenters. The zero-order valence-electron chi connectivity index (χ0n) is 20.5.